The first-order chi connectivity index (χ1) is 17.6. The Morgan fingerprint density at radius 1 is 1.06 bits per heavy atom. The van der Waals surface area contributed by atoms with Gasteiger partial charge in [0.05, 0.1) is 24.4 Å². The molecule has 0 radical (unpaired) electrons. The Labute approximate surface area is 212 Å². The van der Waals surface area contributed by atoms with Gasteiger partial charge in [-0.15, -0.1) is 5.10 Å². The van der Waals surface area contributed by atoms with Crippen LogP contribution in [0.1, 0.15) is 24.7 Å². The van der Waals surface area contributed by atoms with Crippen molar-refractivity contribution in [1.82, 2.24) is 34.7 Å². The standard InChI is InChI=1S/C26H24ClN7O2/c1-3-7-19-16-34(24-22(27)10-6-11-23(24)36-2)26(35)33(19)15-18-13-12-17(14-28-18)20-8-4-5-9-21(20)25-29-31-32-30-25/h4-6,8-14,16H,3,7,15H2,1-2H3,(H,29,30,31,32). The van der Waals surface area contributed by atoms with Crippen LogP contribution < -0.4 is 10.4 Å². The highest BCUT2D eigenvalue weighted by Gasteiger charge is 2.18. The number of aryl methyl sites for hydroxylation is 1. The first-order valence-corrected chi connectivity index (χ1v) is 11.9. The third-order valence-electron chi connectivity index (χ3n) is 5.96. The average Bonchev–Trinajstić information content (AvgIpc) is 3.54. The minimum atomic E-state index is -0.195. The topological polar surface area (TPSA) is 104 Å². The van der Waals surface area contributed by atoms with E-state index < -0.39 is 0 Å². The van der Waals surface area contributed by atoms with Gasteiger partial charge in [0, 0.05) is 29.2 Å². The molecule has 0 unspecified atom stereocenters. The van der Waals surface area contributed by atoms with Crippen molar-refractivity contribution in [2.45, 2.75) is 26.3 Å². The van der Waals surface area contributed by atoms with Crippen molar-refractivity contribution in [3.63, 3.8) is 0 Å². The zero-order chi connectivity index (χ0) is 25.1. The summed E-state index contributed by atoms with van der Waals surface area (Å²) >= 11 is 6.46. The van der Waals surface area contributed by atoms with Gasteiger partial charge in [-0.3, -0.25) is 14.1 Å². The van der Waals surface area contributed by atoms with Gasteiger partial charge in [0.15, 0.2) is 5.82 Å². The van der Waals surface area contributed by atoms with E-state index >= 15 is 0 Å². The van der Waals surface area contributed by atoms with Crippen LogP contribution in [-0.4, -0.2) is 41.9 Å². The lowest BCUT2D eigenvalue weighted by Gasteiger charge is -2.10. The third kappa shape index (κ3) is 4.40. The molecule has 3 heterocycles. The number of ether oxygens (including phenoxy) is 1. The van der Waals surface area contributed by atoms with Gasteiger partial charge >= 0.3 is 5.69 Å². The Kier molecular flexibility index (Phi) is 6.64. The molecule has 5 rings (SSSR count). The SMILES string of the molecule is CCCc1cn(-c2c(Cl)cccc2OC)c(=O)n1Cc1ccc(-c2ccccc2-c2nnn[nH]2)cn1. The monoisotopic (exact) mass is 501 g/mol. The summed E-state index contributed by atoms with van der Waals surface area (Å²) in [5.74, 6) is 1.12. The molecule has 10 heteroatoms. The van der Waals surface area contributed by atoms with Gasteiger partial charge in [-0.25, -0.2) is 9.89 Å². The summed E-state index contributed by atoms with van der Waals surface area (Å²) in [5.41, 5.74) is 4.76. The number of aromatic amines is 1. The molecule has 0 fully saturated rings. The molecule has 3 aromatic heterocycles. The summed E-state index contributed by atoms with van der Waals surface area (Å²) in [6.45, 7) is 2.42. The molecule has 0 bridgehead atoms. The number of nitrogens with one attached hydrogen (secondary N) is 1. The highest BCUT2D eigenvalue weighted by atomic mass is 35.5. The number of methoxy groups -OCH3 is 1. The van der Waals surface area contributed by atoms with E-state index in [0.717, 1.165) is 40.9 Å². The fraction of sp³-hybridized carbons (Fsp3) is 0.192. The lowest BCUT2D eigenvalue weighted by atomic mass is 10.0. The number of nitrogens with zero attached hydrogens (tertiary/aromatic N) is 6. The number of rotatable bonds is 8. The van der Waals surface area contributed by atoms with Gasteiger partial charge in [-0.1, -0.05) is 61.3 Å². The number of halogens is 1. The smallest absolute Gasteiger partial charge is 0.333 e. The second-order valence-corrected chi connectivity index (χ2v) is 8.64. The van der Waals surface area contributed by atoms with Crippen LogP contribution in [0.5, 0.6) is 5.75 Å². The van der Waals surface area contributed by atoms with Crippen LogP contribution in [0.15, 0.2) is 71.8 Å². The molecule has 0 aliphatic carbocycles. The molecule has 0 amide bonds. The summed E-state index contributed by atoms with van der Waals surface area (Å²) < 4.78 is 8.77. The number of para-hydroxylation sites is 1. The van der Waals surface area contributed by atoms with Crippen LogP contribution in [0.25, 0.3) is 28.2 Å². The summed E-state index contributed by atoms with van der Waals surface area (Å²) in [4.78, 5) is 18.2. The number of hydrogen-bond acceptors (Lipinski definition) is 6. The first kappa shape index (κ1) is 23.5. The molecule has 9 nitrogen and oxygen atoms in total. The fourth-order valence-corrected chi connectivity index (χ4v) is 4.52. The predicted octanol–water partition coefficient (Wildman–Crippen LogP) is 4.54. The van der Waals surface area contributed by atoms with E-state index in [4.69, 9.17) is 16.3 Å². The fourth-order valence-electron chi connectivity index (χ4n) is 4.26. The van der Waals surface area contributed by atoms with E-state index in [1.165, 1.54) is 0 Å². The van der Waals surface area contributed by atoms with Gasteiger partial charge in [-0.05, 0) is 40.6 Å². The van der Waals surface area contributed by atoms with Crippen molar-refractivity contribution in [2.24, 2.45) is 0 Å². The quantitative estimate of drug-likeness (QED) is 0.334. The minimum absolute atomic E-state index is 0.195. The lowest BCUT2D eigenvalue weighted by molar-refractivity contribution is 0.412. The lowest BCUT2D eigenvalue weighted by Crippen LogP contribution is -2.25. The van der Waals surface area contributed by atoms with Crippen molar-refractivity contribution in [1.29, 1.82) is 0 Å². The molecule has 2 aromatic carbocycles. The number of tetrazole rings is 1. The van der Waals surface area contributed by atoms with Crippen LogP contribution in [0.2, 0.25) is 5.02 Å². The van der Waals surface area contributed by atoms with E-state index in [-0.39, 0.29) is 5.69 Å². The molecule has 5 aromatic rings. The van der Waals surface area contributed by atoms with Crippen LogP contribution in [0.3, 0.4) is 0 Å². The molecule has 182 valence electrons. The highest BCUT2D eigenvalue weighted by Crippen LogP contribution is 2.31. The van der Waals surface area contributed by atoms with Crippen molar-refractivity contribution in [3.8, 4) is 34.0 Å². The van der Waals surface area contributed by atoms with E-state index in [2.05, 4.69) is 32.5 Å². The molecule has 36 heavy (non-hydrogen) atoms. The number of hydrogen-bond donors (Lipinski definition) is 1. The minimum Gasteiger partial charge on any atom is -0.494 e. The Morgan fingerprint density at radius 2 is 1.89 bits per heavy atom. The summed E-state index contributed by atoms with van der Waals surface area (Å²) in [7, 11) is 1.56. The van der Waals surface area contributed by atoms with Crippen LogP contribution in [-0.2, 0) is 13.0 Å². The number of imidazole rings is 1. The molecule has 0 aliphatic heterocycles. The van der Waals surface area contributed by atoms with Crippen molar-refractivity contribution >= 4 is 11.6 Å². The van der Waals surface area contributed by atoms with Gasteiger partial charge in [0.1, 0.15) is 11.4 Å². The van der Waals surface area contributed by atoms with Crippen molar-refractivity contribution in [2.75, 3.05) is 7.11 Å². The molecular weight excluding hydrogens is 478 g/mol. The molecule has 0 saturated carbocycles. The van der Waals surface area contributed by atoms with E-state index in [1.807, 2.05) is 42.6 Å². The number of H-pyrrole nitrogens is 1. The predicted molar refractivity (Wildman–Crippen MR) is 138 cm³/mol. The van der Waals surface area contributed by atoms with Gasteiger partial charge < -0.3 is 4.74 Å². The van der Waals surface area contributed by atoms with Gasteiger partial charge in [0.2, 0.25) is 0 Å². The Bertz CT molecular complexity index is 1540. The van der Waals surface area contributed by atoms with E-state index in [9.17, 15) is 4.79 Å². The molecule has 0 aliphatic rings. The van der Waals surface area contributed by atoms with E-state index in [0.29, 0.717) is 28.8 Å². The molecule has 1 N–H and O–H groups in total. The molecule has 0 spiro atoms. The first-order valence-electron chi connectivity index (χ1n) is 11.5. The molecule has 0 atom stereocenters. The van der Waals surface area contributed by atoms with Crippen molar-refractivity contribution in [3.05, 3.63) is 93.9 Å². The van der Waals surface area contributed by atoms with Crippen molar-refractivity contribution < 1.29 is 4.74 Å². The maximum absolute atomic E-state index is 13.5. The Hall–Kier alpha value is -4.24. The number of aromatic nitrogens is 7. The summed E-state index contributed by atoms with van der Waals surface area (Å²) in [6, 6.07) is 17.1. The van der Waals surface area contributed by atoms with Gasteiger partial charge in [0.25, 0.3) is 0 Å². The average molecular weight is 502 g/mol. The second kappa shape index (κ2) is 10.2. The normalized spacial score (nSPS) is 11.1. The number of pyridine rings is 1. The Balaban J connectivity index is 1.50. The molecule has 0 saturated heterocycles. The highest BCUT2D eigenvalue weighted by molar-refractivity contribution is 6.32. The molecular formula is C26H24ClN7O2. The second-order valence-electron chi connectivity index (χ2n) is 8.23. The zero-order valence-electron chi connectivity index (χ0n) is 19.8. The summed E-state index contributed by atoms with van der Waals surface area (Å²) in [6.07, 6.45) is 5.27. The van der Waals surface area contributed by atoms with Gasteiger partial charge in [-0.2, -0.15) is 0 Å². The number of benzene rings is 2. The van der Waals surface area contributed by atoms with Crippen LogP contribution in [0, 0.1) is 0 Å². The largest absolute Gasteiger partial charge is 0.494 e. The maximum atomic E-state index is 13.5. The van der Waals surface area contributed by atoms with Crippen LogP contribution in [0.4, 0.5) is 0 Å². The van der Waals surface area contributed by atoms with E-state index in [1.54, 1.807) is 40.6 Å². The zero-order valence-corrected chi connectivity index (χ0v) is 20.6. The summed E-state index contributed by atoms with van der Waals surface area (Å²) in [5, 5.41) is 14.6. The third-order valence-corrected chi connectivity index (χ3v) is 6.27. The Morgan fingerprint density at radius 3 is 2.58 bits per heavy atom. The van der Waals surface area contributed by atoms with Crippen LogP contribution >= 0.6 is 11.6 Å². The maximum Gasteiger partial charge on any atom is 0.333 e.